The summed E-state index contributed by atoms with van der Waals surface area (Å²) in [5, 5.41) is 11.1. The largest absolute Gasteiger partial charge is 0.495 e. The van der Waals surface area contributed by atoms with Crippen LogP contribution in [-0.2, 0) is 9.59 Å². The molecule has 2 amide bonds. The summed E-state index contributed by atoms with van der Waals surface area (Å²) < 4.78 is 7.23. The molecule has 2 aromatic carbocycles. The molecule has 1 atom stereocenters. The summed E-state index contributed by atoms with van der Waals surface area (Å²) >= 11 is 1.28. The van der Waals surface area contributed by atoms with E-state index in [1.165, 1.54) is 11.8 Å². The smallest absolute Gasteiger partial charge is 0.250 e. The predicted molar refractivity (Wildman–Crippen MR) is 120 cm³/mol. The van der Waals surface area contributed by atoms with E-state index in [0.717, 1.165) is 5.69 Å². The molecule has 0 aliphatic carbocycles. The summed E-state index contributed by atoms with van der Waals surface area (Å²) in [7, 11) is 1.60. The predicted octanol–water partition coefficient (Wildman–Crippen LogP) is 3.52. The molecule has 0 saturated carbocycles. The molecule has 3 aromatic rings. The number of para-hydroxylation sites is 4. The van der Waals surface area contributed by atoms with Gasteiger partial charge in [0.1, 0.15) is 17.6 Å². The first-order chi connectivity index (χ1) is 14.8. The number of methoxy groups -OCH3 is 1. The van der Waals surface area contributed by atoms with Crippen molar-refractivity contribution in [2.75, 3.05) is 17.3 Å². The molecular weight excluding hydrogens is 414 g/mol. The van der Waals surface area contributed by atoms with E-state index in [2.05, 4.69) is 15.5 Å². The van der Waals surface area contributed by atoms with E-state index >= 15 is 0 Å². The van der Waals surface area contributed by atoms with Crippen LogP contribution in [0.3, 0.4) is 0 Å². The minimum absolute atomic E-state index is 0.188. The van der Waals surface area contributed by atoms with Crippen LogP contribution in [0.4, 0.5) is 11.4 Å². The Hall–Kier alpha value is -3.33. The highest BCUT2D eigenvalue weighted by molar-refractivity contribution is 8.00. The summed E-state index contributed by atoms with van der Waals surface area (Å²) in [6.07, 6.45) is 1.59. The topological polar surface area (TPSA) is 89.3 Å². The van der Waals surface area contributed by atoms with Crippen molar-refractivity contribution in [3.8, 4) is 11.4 Å². The molecule has 2 heterocycles. The van der Waals surface area contributed by atoms with E-state index in [0.29, 0.717) is 22.3 Å². The second-order valence-electron chi connectivity index (χ2n) is 7.62. The molecule has 0 bridgehead atoms. The molecule has 0 saturated heterocycles. The molecule has 9 heteroatoms. The quantitative estimate of drug-likeness (QED) is 0.615. The Morgan fingerprint density at radius 2 is 1.81 bits per heavy atom. The van der Waals surface area contributed by atoms with Crippen molar-refractivity contribution in [1.82, 2.24) is 14.8 Å². The van der Waals surface area contributed by atoms with E-state index in [-0.39, 0.29) is 11.8 Å². The summed E-state index contributed by atoms with van der Waals surface area (Å²) in [6.45, 7) is 5.29. The van der Waals surface area contributed by atoms with E-state index in [1.807, 2.05) is 42.5 Å². The van der Waals surface area contributed by atoms with Crippen molar-refractivity contribution < 1.29 is 14.3 Å². The Bertz CT molecular complexity index is 1140. The number of ether oxygens (including phenoxy) is 1. The number of hydrogen-bond acceptors (Lipinski definition) is 6. The van der Waals surface area contributed by atoms with Gasteiger partial charge in [-0.3, -0.25) is 19.1 Å². The molecule has 160 valence electrons. The highest BCUT2D eigenvalue weighted by atomic mass is 32.2. The molecular formula is C22H23N5O3S. The van der Waals surface area contributed by atoms with E-state index in [9.17, 15) is 9.59 Å². The van der Waals surface area contributed by atoms with Crippen LogP contribution in [0.1, 0.15) is 20.8 Å². The molecule has 4 rings (SSSR count). The molecule has 31 heavy (non-hydrogen) atoms. The number of carbonyl (C=O) groups excluding carboxylic acids is 2. The molecule has 1 aliphatic heterocycles. The number of rotatable bonds is 5. The summed E-state index contributed by atoms with van der Waals surface area (Å²) in [5.41, 5.74) is 1.04. The van der Waals surface area contributed by atoms with Crippen LogP contribution in [-0.4, -0.2) is 44.5 Å². The molecule has 8 nitrogen and oxygen atoms in total. The van der Waals surface area contributed by atoms with Gasteiger partial charge < -0.3 is 10.1 Å². The van der Waals surface area contributed by atoms with Gasteiger partial charge >= 0.3 is 0 Å². The highest BCUT2D eigenvalue weighted by Gasteiger charge is 2.45. The maximum atomic E-state index is 13.6. The van der Waals surface area contributed by atoms with Crippen molar-refractivity contribution >= 4 is 35.0 Å². The van der Waals surface area contributed by atoms with Crippen molar-refractivity contribution in [2.24, 2.45) is 0 Å². The van der Waals surface area contributed by atoms with E-state index < -0.39 is 10.8 Å². The molecule has 1 N–H and O–H groups in total. The van der Waals surface area contributed by atoms with Crippen LogP contribution in [0.15, 0.2) is 60.0 Å². The number of thioether (sulfide) groups is 1. The second kappa shape index (κ2) is 8.07. The molecule has 1 aliphatic rings. The van der Waals surface area contributed by atoms with Gasteiger partial charge in [-0.05, 0) is 45.0 Å². The first kappa shape index (κ1) is 20.9. The standard InChI is InChI=1S/C22H23N5O3S/c1-14(31-21-25-23-13-26(21)17-11-7-8-12-18(17)30-4)19(28)27-16-10-6-5-9-15(16)24-20(29)22(27,2)3/h5-14H,1-4H3,(H,24,29). The zero-order valence-corrected chi connectivity index (χ0v) is 18.5. The highest BCUT2D eigenvalue weighted by Crippen LogP contribution is 2.39. The fourth-order valence-corrected chi connectivity index (χ4v) is 4.41. The average Bonchev–Trinajstić information content (AvgIpc) is 3.21. The first-order valence-electron chi connectivity index (χ1n) is 9.79. The van der Waals surface area contributed by atoms with Gasteiger partial charge in [-0.25, -0.2) is 0 Å². The van der Waals surface area contributed by atoms with Crippen LogP contribution in [0.25, 0.3) is 5.69 Å². The van der Waals surface area contributed by atoms with Gasteiger partial charge in [-0.2, -0.15) is 0 Å². The Kier molecular flexibility index (Phi) is 5.45. The minimum Gasteiger partial charge on any atom is -0.495 e. The van der Waals surface area contributed by atoms with Crippen molar-refractivity contribution in [2.45, 2.75) is 36.7 Å². The molecule has 0 radical (unpaired) electrons. The third-order valence-corrected chi connectivity index (χ3v) is 6.26. The Balaban J connectivity index is 1.65. The number of amides is 2. The normalized spacial score (nSPS) is 15.7. The first-order valence-corrected chi connectivity index (χ1v) is 10.7. The maximum absolute atomic E-state index is 13.6. The number of anilines is 2. The summed E-state index contributed by atoms with van der Waals surface area (Å²) in [6, 6.07) is 14.8. The number of fused-ring (bicyclic) bond motifs is 1. The van der Waals surface area contributed by atoms with Crippen LogP contribution in [0.5, 0.6) is 5.75 Å². The number of benzene rings is 2. The van der Waals surface area contributed by atoms with Gasteiger partial charge in [0.15, 0.2) is 5.16 Å². The van der Waals surface area contributed by atoms with Gasteiger partial charge in [0.05, 0.1) is 29.4 Å². The fraction of sp³-hybridized carbons (Fsp3) is 0.273. The minimum atomic E-state index is -1.03. The molecule has 0 fully saturated rings. The summed E-state index contributed by atoms with van der Waals surface area (Å²) in [5.74, 6) is 0.256. The lowest BCUT2D eigenvalue weighted by atomic mass is 9.96. The van der Waals surface area contributed by atoms with Crippen molar-refractivity contribution in [3.05, 3.63) is 54.9 Å². The van der Waals surface area contributed by atoms with Gasteiger partial charge in [-0.1, -0.05) is 36.0 Å². The Morgan fingerprint density at radius 1 is 1.13 bits per heavy atom. The van der Waals surface area contributed by atoms with Crippen molar-refractivity contribution in [1.29, 1.82) is 0 Å². The number of nitrogens with one attached hydrogen (secondary N) is 1. The van der Waals surface area contributed by atoms with Gasteiger partial charge in [0.2, 0.25) is 11.8 Å². The Morgan fingerprint density at radius 3 is 2.55 bits per heavy atom. The van der Waals surface area contributed by atoms with Crippen LogP contribution in [0.2, 0.25) is 0 Å². The van der Waals surface area contributed by atoms with Gasteiger partial charge in [0.25, 0.3) is 0 Å². The number of aromatic nitrogens is 3. The number of carbonyl (C=O) groups is 2. The number of hydrogen-bond donors (Lipinski definition) is 1. The third kappa shape index (κ3) is 3.65. The van der Waals surface area contributed by atoms with Crippen LogP contribution in [0, 0.1) is 0 Å². The number of nitrogens with zero attached hydrogens (tertiary/aromatic N) is 4. The van der Waals surface area contributed by atoms with Crippen molar-refractivity contribution in [3.63, 3.8) is 0 Å². The fourth-order valence-electron chi connectivity index (χ4n) is 3.54. The third-order valence-electron chi connectivity index (χ3n) is 5.22. The lowest BCUT2D eigenvalue weighted by molar-refractivity contribution is -0.126. The van der Waals surface area contributed by atoms with E-state index in [1.54, 1.807) is 49.7 Å². The average molecular weight is 438 g/mol. The lowest BCUT2D eigenvalue weighted by Gasteiger charge is -2.43. The zero-order chi connectivity index (χ0) is 22.2. The molecule has 1 unspecified atom stereocenters. The lowest BCUT2D eigenvalue weighted by Crippen LogP contribution is -2.60. The maximum Gasteiger partial charge on any atom is 0.250 e. The monoisotopic (exact) mass is 437 g/mol. The SMILES string of the molecule is COc1ccccc1-n1cnnc1SC(C)C(=O)N1c2ccccc2NC(=O)C1(C)C. The van der Waals surface area contributed by atoms with Gasteiger partial charge in [-0.15, -0.1) is 10.2 Å². The molecule has 1 aromatic heterocycles. The van der Waals surface area contributed by atoms with Gasteiger partial charge in [0, 0.05) is 0 Å². The Labute approximate surface area is 184 Å². The van der Waals surface area contributed by atoms with Crippen LogP contribution < -0.4 is 15.0 Å². The van der Waals surface area contributed by atoms with Crippen LogP contribution >= 0.6 is 11.8 Å². The zero-order valence-electron chi connectivity index (χ0n) is 17.7. The second-order valence-corrected chi connectivity index (χ2v) is 8.93. The summed E-state index contributed by atoms with van der Waals surface area (Å²) in [4.78, 5) is 27.8. The van der Waals surface area contributed by atoms with E-state index in [4.69, 9.17) is 4.74 Å². The molecule has 0 spiro atoms.